The van der Waals surface area contributed by atoms with Crippen molar-refractivity contribution in [2.24, 2.45) is 0 Å². The van der Waals surface area contributed by atoms with Gasteiger partial charge in [-0.3, -0.25) is 4.79 Å². The van der Waals surface area contributed by atoms with Crippen molar-refractivity contribution in [2.45, 2.75) is 36.6 Å². The molecule has 0 saturated heterocycles. The Labute approximate surface area is 137 Å². The van der Waals surface area contributed by atoms with Gasteiger partial charge in [0.25, 0.3) is 0 Å². The summed E-state index contributed by atoms with van der Waals surface area (Å²) in [5, 5.41) is 5.27. The van der Waals surface area contributed by atoms with Gasteiger partial charge < -0.3 is 5.32 Å². The molecule has 0 aliphatic heterocycles. The third kappa shape index (κ3) is 3.55. The van der Waals surface area contributed by atoms with Crippen molar-refractivity contribution in [1.82, 2.24) is 5.32 Å². The zero-order valence-electron chi connectivity index (χ0n) is 11.7. The molecule has 1 aliphatic rings. The molecular weight excluding hydrogens is 346 g/mol. The number of fused-ring (bicyclic) bond motifs is 1. The Hall–Kier alpha value is -1.13. The van der Waals surface area contributed by atoms with Gasteiger partial charge in [0.15, 0.2) is 0 Å². The number of thiophene rings is 1. The van der Waals surface area contributed by atoms with E-state index in [1.807, 2.05) is 6.07 Å². The second-order valence-corrected chi connectivity index (χ2v) is 7.61. The molecule has 1 aliphatic carbocycles. The molecule has 1 aromatic carbocycles. The number of hydrogen-bond acceptors (Lipinski definition) is 2. The lowest BCUT2D eigenvalue weighted by molar-refractivity contribution is -0.121. The van der Waals surface area contributed by atoms with Crippen LogP contribution in [0.25, 0.3) is 0 Å². The molecule has 0 fully saturated rings. The predicted octanol–water partition coefficient (Wildman–Crippen LogP) is 4.25. The molecule has 110 valence electrons. The highest BCUT2D eigenvalue weighted by Crippen LogP contribution is 2.35. The Morgan fingerprint density at radius 3 is 2.95 bits per heavy atom. The van der Waals surface area contributed by atoms with E-state index in [-0.39, 0.29) is 11.9 Å². The maximum atomic E-state index is 12.2. The molecule has 1 amide bonds. The minimum Gasteiger partial charge on any atom is -0.348 e. The molecule has 4 heteroatoms. The van der Waals surface area contributed by atoms with Crippen molar-refractivity contribution in [1.29, 1.82) is 0 Å². The first-order chi connectivity index (χ1) is 10.2. The van der Waals surface area contributed by atoms with E-state index in [2.05, 4.69) is 57.0 Å². The van der Waals surface area contributed by atoms with Gasteiger partial charge >= 0.3 is 0 Å². The Balaban J connectivity index is 1.53. The zero-order chi connectivity index (χ0) is 14.7. The van der Waals surface area contributed by atoms with Gasteiger partial charge in [0, 0.05) is 16.1 Å². The van der Waals surface area contributed by atoms with Gasteiger partial charge in [0.1, 0.15) is 0 Å². The third-order valence-electron chi connectivity index (χ3n) is 3.89. The van der Waals surface area contributed by atoms with E-state index in [1.165, 1.54) is 16.0 Å². The summed E-state index contributed by atoms with van der Waals surface area (Å²) in [7, 11) is 0. The van der Waals surface area contributed by atoms with E-state index in [0.29, 0.717) is 11.2 Å². The van der Waals surface area contributed by atoms with E-state index >= 15 is 0 Å². The van der Waals surface area contributed by atoms with Gasteiger partial charge in [-0.15, -0.1) is 11.3 Å². The van der Waals surface area contributed by atoms with E-state index in [9.17, 15) is 4.79 Å². The third-order valence-corrected chi connectivity index (χ3v) is 5.68. The number of nitrogens with one attached hydrogen (secondary N) is 1. The summed E-state index contributed by atoms with van der Waals surface area (Å²) in [5.41, 5.74) is 2.59. The van der Waals surface area contributed by atoms with Crippen molar-refractivity contribution in [3.05, 3.63) is 57.8 Å². The van der Waals surface area contributed by atoms with Crippen LogP contribution >= 0.6 is 27.3 Å². The van der Waals surface area contributed by atoms with Crippen LogP contribution in [0, 0.1) is 0 Å². The number of benzene rings is 1. The highest BCUT2D eigenvalue weighted by atomic mass is 79.9. The number of halogens is 1. The van der Waals surface area contributed by atoms with Crippen LogP contribution in [0.1, 0.15) is 34.9 Å². The fourth-order valence-corrected chi connectivity index (χ4v) is 4.36. The number of rotatable bonds is 5. The normalized spacial score (nSPS) is 20.2. The molecule has 2 nitrogen and oxygen atoms in total. The van der Waals surface area contributed by atoms with Crippen molar-refractivity contribution < 1.29 is 4.79 Å². The minimum absolute atomic E-state index is 0.107. The average Bonchev–Trinajstić information content (AvgIpc) is 3.08. The van der Waals surface area contributed by atoms with Gasteiger partial charge in [-0.2, -0.15) is 0 Å². The first kappa shape index (κ1) is 14.8. The molecule has 2 aromatic rings. The van der Waals surface area contributed by atoms with Crippen LogP contribution in [-0.2, 0) is 17.6 Å². The van der Waals surface area contributed by atoms with E-state index < -0.39 is 0 Å². The Bertz CT molecular complexity index is 611. The Kier molecular flexibility index (Phi) is 4.76. The zero-order valence-corrected chi connectivity index (χ0v) is 14.1. The lowest BCUT2D eigenvalue weighted by atomic mass is 10.1. The molecule has 21 heavy (non-hydrogen) atoms. The highest BCUT2D eigenvalue weighted by molar-refractivity contribution is 9.09. The maximum absolute atomic E-state index is 12.2. The smallest absolute Gasteiger partial charge is 0.220 e. The number of carbonyl (C=O) groups is 1. The van der Waals surface area contributed by atoms with Gasteiger partial charge in [-0.05, 0) is 41.8 Å². The molecule has 0 bridgehead atoms. The summed E-state index contributed by atoms with van der Waals surface area (Å²) >= 11 is 5.46. The van der Waals surface area contributed by atoms with Crippen molar-refractivity contribution in [3.63, 3.8) is 0 Å². The first-order valence-corrected chi connectivity index (χ1v) is 9.07. The second-order valence-electron chi connectivity index (χ2n) is 5.40. The lowest BCUT2D eigenvalue weighted by Gasteiger charge is -2.17. The molecule has 3 rings (SSSR count). The predicted molar refractivity (Wildman–Crippen MR) is 91.0 cm³/mol. The van der Waals surface area contributed by atoms with Crippen LogP contribution in [0.5, 0.6) is 0 Å². The number of amides is 1. The summed E-state index contributed by atoms with van der Waals surface area (Å²) < 4.78 is 0. The lowest BCUT2D eigenvalue weighted by Crippen LogP contribution is -2.31. The van der Waals surface area contributed by atoms with Crippen LogP contribution < -0.4 is 5.32 Å². The van der Waals surface area contributed by atoms with Crippen LogP contribution in [-0.4, -0.2) is 10.7 Å². The summed E-state index contributed by atoms with van der Waals surface area (Å²) in [6.45, 7) is 0. The molecule has 2 atom stereocenters. The van der Waals surface area contributed by atoms with Gasteiger partial charge in [-0.1, -0.05) is 46.3 Å². The van der Waals surface area contributed by atoms with Crippen molar-refractivity contribution >= 4 is 33.2 Å². The molecule has 1 aromatic heterocycles. The van der Waals surface area contributed by atoms with Crippen LogP contribution in [0.3, 0.4) is 0 Å². The summed E-state index contributed by atoms with van der Waals surface area (Å²) in [6.07, 6.45) is 3.48. The molecule has 0 radical (unpaired) electrons. The highest BCUT2D eigenvalue weighted by Gasteiger charge is 2.31. The molecule has 0 spiro atoms. The average molecular weight is 364 g/mol. The van der Waals surface area contributed by atoms with Crippen LogP contribution in [0.15, 0.2) is 41.8 Å². The summed E-state index contributed by atoms with van der Waals surface area (Å²) in [4.78, 5) is 13.8. The standard InChI is InChI=1S/C17H18BrNOS/c18-15-11-12-5-1-2-8-14(12)17(15)19-16(20)9-3-6-13-7-4-10-21-13/h1-2,4-5,7-8,10,15,17H,3,6,9,11H2,(H,19,20). The molecule has 1 N–H and O–H groups in total. The van der Waals surface area contributed by atoms with Gasteiger partial charge in [0.2, 0.25) is 5.91 Å². The monoisotopic (exact) mass is 363 g/mol. The number of carbonyl (C=O) groups excluding carboxylic acids is 1. The van der Waals surface area contributed by atoms with E-state index in [0.717, 1.165) is 19.3 Å². The quantitative estimate of drug-likeness (QED) is 0.790. The number of aryl methyl sites for hydroxylation is 1. The van der Waals surface area contributed by atoms with Crippen LogP contribution in [0.2, 0.25) is 0 Å². The van der Waals surface area contributed by atoms with E-state index in [4.69, 9.17) is 0 Å². The molecular formula is C17H18BrNOS. The number of hydrogen-bond donors (Lipinski definition) is 1. The molecule has 2 unspecified atom stereocenters. The van der Waals surface area contributed by atoms with Crippen LogP contribution in [0.4, 0.5) is 0 Å². The number of alkyl halides is 1. The first-order valence-electron chi connectivity index (χ1n) is 7.27. The Morgan fingerprint density at radius 2 is 2.14 bits per heavy atom. The minimum atomic E-state index is 0.107. The Morgan fingerprint density at radius 1 is 1.29 bits per heavy atom. The fraction of sp³-hybridized carbons (Fsp3) is 0.353. The van der Waals surface area contributed by atoms with Crippen molar-refractivity contribution in [3.8, 4) is 0 Å². The van der Waals surface area contributed by atoms with Crippen molar-refractivity contribution in [2.75, 3.05) is 0 Å². The summed E-state index contributed by atoms with van der Waals surface area (Å²) in [6, 6.07) is 12.7. The van der Waals surface area contributed by atoms with Gasteiger partial charge in [0.05, 0.1) is 6.04 Å². The topological polar surface area (TPSA) is 29.1 Å². The van der Waals surface area contributed by atoms with Gasteiger partial charge in [-0.25, -0.2) is 0 Å². The second kappa shape index (κ2) is 6.75. The molecule has 0 saturated carbocycles. The summed E-state index contributed by atoms with van der Waals surface area (Å²) in [5.74, 6) is 0.151. The maximum Gasteiger partial charge on any atom is 0.220 e. The van der Waals surface area contributed by atoms with E-state index in [1.54, 1.807) is 11.3 Å². The SMILES string of the molecule is O=C(CCCc1cccs1)NC1c2ccccc2CC1Br. The fourth-order valence-electron chi connectivity index (χ4n) is 2.84. The largest absolute Gasteiger partial charge is 0.348 e. The molecule has 1 heterocycles.